The van der Waals surface area contributed by atoms with Gasteiger partial charge in [0.1, 0.15) is 0 Å². The van der Waals surface area contributed by atoms with Crippen molar-refractivity contribution in [2.45, 2.75) is 0 Å². The predicted molar refractivity (Wildman–Crippen MR) is 21.2 cm³/mol. The first-order valence-electron chi connectivity index (χ1n) is 1.55. The molecular formula is C2H3N3O3. The SMILES string of the molecule is N=NC(=O)OC(N)=O. The Labute approximate surface area is 44.1 Å². The molecule has 0 heterocycles. The number of carbonyl (C=O) groups excluding carboxylic acids is 2. The molecule has 0 saturated heterocycles. The highest BCUT2D eigenvalue weighted by molar-refractivity contribution is 5.82. The van der Waals surface area contributed by atoms with Gasteiger partial charge in [-0.3, -0.25) is 0 Å². The predicted octanol–water partition coefficient (Wildman–Crippen LogP) is 0.233. The van der Waals surface area contributed by atoms with Crippen LogP contribution in [-0.4, -0.2) is 12.2 Å². The normalized spacial score (nSPS) is 7.50. The Morgan fingerprint density at radius 2 is 2.12 bits per heavy atom. The molecule has 44 valence electrons. The van der Waals surface area contributed by atoms with Crippen molar-refractivity contribution in [3.63, 3.8) is 0 Å². The van der Waals surface area contributed by atoms with Crippen LogP contribution in [0.3, 0.4) is 0 Å². The Kier molecular flexibility index (Phi) is 2.18. The molecule has 0 fully saturated rings. The Balaban J connectivity index is 3.55. The van der Waals surface area contributed by atoms with Gasteiger partial charge in [-0.15, -0.1) is 0 Å². The maximum atomic E-state index is 9.75. The number of ether oxygens (including phenoxy) is 1. The molecule has 0 radical (unpaired) electrons. The molecule has 0 aromatic carbocycles. The van der Waals surface area contributed by atoms with Crippen LogP contribution in [0.2, 0.25) is 0 Å². The lowest BCUT2D eigenvalue weighted by molar-refractivity contribution is 0.162. The van der Waals surface area contributed by atoms with Crippen LogP contribution in [0.4, 0.5) is 9.59 Å². The van der Waals surface area contributed by atoms with Crippen LogP contribution in [-0.2, 0) is 4.74 Å². The molecule has 0 unspecified atom stereocenters. The average Bonchev–Trinajstić information content (AvgIpc) is 1.65. The summed E-state index contributed by atoms with van der Waals surface area (Å²) >= 11 is 0. The van der Waals surface area contributed by atoms with E-state index in [9.17, 15) is 9.59 Å². The number of hydrogen-bond donors (Lipinski definition) is 2. The molecule has 0 bridgehead atoms. The van der Waals surface area contributed by atoms with Crippen molar-refractivity contribution in [3.8, 4) is 0 Å². The van der Waals surface area contributed by atoms with Gasteiger partial charge in [0.25, 0.3) is 0 Å². The fraction of sp³-hybridized carbons (Fsp3) is 0. The first kappa shape index (κ1) is 6.54. The molecule has 0 atom stereocenters. The van der Waals surface area contributed by atoms with Gasteiger partial charge in [-0.05, 0) is 0 Å². The van der Waals surface area contributed by atoms with E-state index in [1.165, 1.54) is 0 Å². The molecule has 6 heteroatoms. The highest BCUT2D eigenvalue weighted by Gasteiger charge is 2.00. The Bertz CT molecular complexity index is 130. The van der Waals surface area contributed by atoms with Crippen LogP contribution in [0.5, 0.6) is 0 Å². The zero-order valence-corrected chi connectivity index (χ0v) is 3.75. The molecule has 2 amide bonds. The van der Waals surface area contributed by atoms with E-state index in [-0.39, 0.29) is 0 Å². The van der Waals surface area contributed by atoms with Crippen molar-refractivity contribution in [3.05, 3.63) is 0 Å². The molecule has 6 nitrogen and oxygen atoms in total. The first-order chi connectivity index (χ1) is 3.66. The summed E-state index contributed by atoms with van der Waals surface area (Å²) in [5.41, 5.74) is 10.3. The second-order valence-corrected chi connectivity index (χ2v) is 0.799. The molecule has 0 aliphatic rings. The number of hydrogen-bond acceptors (Lipinski definition) is 4. The van der Waals surface area contributed by atoms with Crippen molar-refractivity contribution < 1.29 is 14.3 Å². The van der Waals surface area contributed by atoms with Crippen LogP contribution in [0.1, 0.15) is 0 Å². The van der Waals surface area contributed by atoms with Crippen LogP contribution in [0.15, 0.2) is 5.11 Å². The number of nitrogens with one attached hydrogen (secondary N) is 1. The Morgan fingerprint density at radius 3 is 2.25 bits per heavy atom. The molecule has 0 aromatic rings. The summed E-state index contributed by atoms with van der Waals surface area (Å²) < 4.78 is 3.55. The van der Waals surface area contributed by atoms with Crippen molar-refractivity contribution in [2.24, 2.45) is 10.8 Å². The summed E-state index contributed by atoms with van der Waals surface area (Å²) in [6, 6.07) is 0. The lowest BCUT2D eigenvalue weighted by Crippen LogP contribution is -2.15. The largest absolute Gasteiger partial charge is 0.460 e. The lowest BCUT2D eigenvalue weighted by atomic mass is 11.1. The molecule has 0 spiro atoms. The fourth-order valence-electron chi connectivity index (χ4n) is 0.109. The third kappa shape index (κ3) is 2.76. The number of carbonyl (C=O) groups is 2. The average molecular weight is 117 g/mol. The molecular weight excluding hydrogens is 114 g/mol. The Morgan fingerprint density at radius 1 is 1.62 bits per heavy atom. The van der Waals surface area contributed by atoms with Gasteiger partial charge >= 0.3 is 12.2 Å². The van der Waals surface area contributed by atoms with E-state index in [4.69, 9.17) is 5.53 Å². The van der Waals surface area contributed by atoms with E-state index < -0.39 is 12.2 Å². The first-order valence-corrected chi connectivity index (χ1v) is 1.55. The second-order valence-electron chi connectivity index (χ2n) is 0.799. The third-order valence-electron chi connectivity index (χ3n) is 0.279. The van der Waals surface area contributed by atoms with Gasteiger partial charge in [-0.2, -0.15) is 5.53 Å². The highest BCUT2D eigenvalue weighted by atomic mass is 16.6. The summed E-state index contributed by atoms with van der Waals surface area (Å²) in [4.78, 5) is 19.3. The standard InChI is InChI=1S/C2H3N3O3/c3-1(6)8-2(7)5-4/h4H,(H2,3,6). The summed E-state index contributed by atoms with van der Waals surface area (Å²) in [6.45, 7) is 0. The van der Waals surface area contributed by atoms with Crippen LogP contribution in [0, 0.1) is 5.53 Å². The van der Waals surface area contributed by atoms with Crippen LogP contribution < -0.4 is 5.73 Å². The van der Waals surface area contributed by atoms with E-state index in [2.05, 4.69) is 15.6 Å². The van der Waals surface area contributed by atoms with Crippen LogP contribution >= 0.6 is 0 Å². The van der Waals surface area contributed by atoms with Gasteiger partial charge in [-0.1, -0.05) is 5.11 Å². The van der Waals surface area contributed by atoms with Gasteiger partial charge in [0.15, 0.2) is 0 Å². The molecule has 8 heavy (non-hydrogen) atoms. The minimum atomic E-state index is -1.31. The minimum Gasteiger partial charge on any atom is -0.357 e. The number of nitrogens with zero attached hydrogens (tertiary/aromatic N) is 1. The monoisotopic (exact) mass is 117 g/mol. The number of primary amides is 1. The molecule has 0 aliphatic heterocycles. The summed E-state index contributed by atoms with van der Waals surface area (Å²) in [7, 11) is 0. The van der Waals surface area contributed by atoms with Gasteiger partial charge in [0.2, 0.25) is 0 Å². The number of rotatable bonds is 0. The van der Waals surface area contributed by atoms with Gasteiger partial charge in [0.05, 0.1) is 0 Å². The lowest BCUT2D eigenvalue weighted by Gasteiger charge is -1.86. The van der Waals surface area contributed by atoms with Crippen LogP contribution in [0.25, 0.3) is 0 Å². The van der Waals surface area contributed by atoms with E-state index >= 15 is 0 Å². The number of amides is 2. The smallest absolute Gasteiger partial charge is 0.357 e. The van der Waals surface area contributed by atoms with Crippen molar-refractivity contribution in [2.75, 3.05) is 0 Å². The van der Waals surface area contributed by atoms with E-state index in [1.807, 2.05) is 0 Å². The second kappa shape index (κ2) is 2.67. The zero-order valence-electron chi connectivity index (χ0n) is 3.75. The number of nitrogens with two attached hydrogens (primary N) is 1. The Hall–Kier alpha value is -1.46. The zero-order chi connectivity index (χ0) is 6.57. The summed E-state index contributed by atoms with van der Waals surface area (Å²) in [5, 5.41) is 2.22. The van der Waals surface area contributed by atoms with Crippen molar-refractivity contribution >= 4 is 12.2 Å². The molecule has 0 rings (SSSR count). The van der Waals surface area contributed by atoms with E-state index in [0.29, 0.717) is 0 Å². The quantitative estimate of drug-likeness (QED) is 0.350. The summed E-state index contributed by atoms with van der Waals surface area (Å²) in [6.07, 6.45) is -2.57. The molecule has 3 N–H and O–H groups in total. The summed E-state index contributed by atoms with van der Waals surface area (Å²) in [5.74, 6) is 0. The fourth-order valence-corrected chi connectivity index (χ4v) is 0.109. The highest BCUT2D eigenvalue weighted by Crippen LogP contribution is 1.79. The maximum absolute atomic E-state index is 9.75. The van der Waals surface area contributed by atoms with E-state index in [0.717, 1.165) is 0 Å². The minimum absolute atomic E-state index is 1.26. The third-order valence-corrected chi connectivity index (χ3v) is 0.279. The van der Waals surface area contributed by atoms with Crippen molar-refractivity contribution in [1.82, 2.24) is 0 Å². The van der Waals surface area contributed by atoms with Gasteiger partial charge in [0, 0.05) is 0 Å². The van der Waals surface area contributed by atoms with Gasteiger partial charge in [-0.25, -0.2) is 9.59 Å². The topological polar surface area (TPSA) is 106 Å². The van der Waals surface area contributed by atoms with Gasteiger partial charge < -0.3 is 10.5 Å². The van der Waals surface area contributed by atoms with E-state index in [1.54, 1.807) is 0 Å². The molecule has 0 aromatic heterocycles. The molecule has 0 saturated carbocycles. The van der Waals surface area contributed by atoms with Crippen molar-refractivity contribution in [1.29, 1.82) is 5.53 Å². The maximum Gasteiger partial charge on any atom is 0.460 e. The molecule has 0 aliphatic carbocycles.